The lowest BCUT2D eigenvalue weighted by Crippen LogP contribution is -2.02. The number of aromatic nitrogens is 3. The SMILES string of the molecule is c1ccc(Sc2cnc3c(c2)C(c2cn[nH]c2)CN3)cc1. The third-order valence-corrected chi connectivity index (χ3v) is 4.61. The van der Waals surface area contributed by atoms with Gasteiger partial charge in [-0.1, -0.05) is 30.0 Å². The number of anilines is 1. The Morgan fingerprint density at radius 2 is 2.00 bits per heavy atom. The number of nitrogens with zero attached hydrogens (tertiary/aromatic N) is 2. The molecule has 4 nitrogen and oxygen atoms in total. The number of H-pyrrole nitrogens is 1. The lowest BCUT2D eigenvalue weighted by atomic mass is 9.97. The normalized spacial score (nSPS) is 16.5. The maximum Gasteiger partial charge on any atom is 0.129 e. The summed E-state index contributed by atoms with van der Waals surface area (Å²) in [6.07, 6.45) is 5.78. The molecule has 4 rings (SSSR count). The van der Waals surface area contributed by atoms with Crippen LogP contribution in [0.2, 0.25) is 0 Å². The van der Waals surface area contributed by atoms with Crippen LogP contribution in [-0.2, 0) is 0 Å². The molecule has 0 saturated carbocycles. The summed E-state index contributed by atoms with van der Waals surface area (Å²) in [7, 11) is 0. The zero-order valence-electron chi connectivity index (χ0n) is 11.3. The van der Waals surface area contributed by atoms with Gasteiger partial charge in [0.25, 0.3) is 0 Å². The van der Waals surface area contributed by atoms with Crippen LogP contribution in [0.3, 0.4) is 0 Å². The molecule has 104 valence electrons. The van der Waals surface area contributed by atoms with Crippen LogP contribution in [0.5, 0.6) is 0 Å². The lowest BCUT2D eigenvalue weighted by Gasteiger charge is -2.08. The molecule has 1 aromatic carbocycles. The third-order valence-electron chi connectivity index (χ3n) is 3.64. The van der Waals surface area contributed by atoms with Gasteiger partial charge in [0.2, 0.25) is 0 Å². The third kappa shape index (κ3) is 2.40. The van der Waals surface area contributed by atoms with E-state index in [9.17, 15) is 0 Å². The van der Waals surface area contributed by atoms with Crippen LogP contribution in [0.1, 0.15) is 17.0 Å². The summed E-state index contributed by atoms with van der Waals surface area (Å²) < 4.78 is 0. The fourth-order valence-electron chi connectivity index (χ4n) is 2.61. The number of pyridine rings is 1. The van der Waals surface area contributed by atoms with E-state index in [0.29, 0.717) is 5.92 Å². The molecule has 1 atom stereocenters. The van der Waals surface area contributed by atoms with E-state index in [-0.39, 0.29) is 0 Å². The number of benzene rings is 1. The van der Waals surface area contributed by atoms with Gasteiger partial charge in [0.05, 0.1) is 6.20 Å². The topological polar surface area (TPSA) is 53.6 Å². The van der Waals surface area contributed by atoms with Gasteiger partial charge in [0.1, 0.15) is 5.82 Å². The van der Waals surface area contributed by atoms with Crippen molar-refractivity contribution < 1.29 is 0 Å². The number of rotatable bonds is 3. The van der Waals surface area contributed by atoms with Crippen molar-refractivity contribution in [3.05, 3.63) is 66.1 Å². The van der Waals surface area contributed by atoms with Crippen LogP contribution in [0.15, 0.2) is 64.8 Å². The quantitative estimate of drug-likeness (QED) is 0.776. The van der Waals surface area contributed by atoms with Gasteiger partial charge in [0.15, 0.2) is 0 Å². The fraction of sp³-hybridized carbons (Fsp3) is 0.125. The van der Waals surface area contributed by atoms with E-state index in [1.54, 1.807) is 11.8 Å². The molecule has 0 bridgehead atoms. The molecule has 5 heteroatoms. The van der Waals surface area contributed by atoms with E-state index in [4.69, 9.17) is 0 Å². The fourth-order valence-corrected chi connectivity index (χ4v) is 3.47. The average molecular weight is 294 g/mol. The molecule has 1 aliphatic heterocycles. The molecule has 0 radical (unpaired) electrons. The van der Waals surface area contributed by atoms with Crippen molar-refractivity contribution in [3.8, 4) is 0 Å². The molecule has 0 aliphatic carbocycles. The highest BCUT2D eigenvalue weighted by atomic mass is 32.2. The number of aromatic amines is 1. The second-order valence-electron chi connectivity index (χ2n) is 4.99. The first-order valence-electron chi connectivity index (χ1n) is 6.85. The molecule has 21 heavy (non-hydrogen) atoms. The highest BCUT2D eigenvalue weighted by Crippen LogP contribution is 2.37. The van der Waals surface area contributed by atoms with Crippen molar-refractivity contribution >= 4 is 17.6 Å². The maximum atomic E-state index is 4.55. The standard InChI is InChI=1S/C16H14N4S/c1-2-4-12(5-3-1)21-13-6-14-15(11-7-19-20-8-11)10-18-16(14)17-9-13/h1-9,15H,10H2,(H,17,18)(H,19,20). The van der Waals surface area contributed by atoms with E-state index in [0.717, 1.165) is 17.3 Å². The second kappa shape index (κ2) is 5.26. The predicted octanol–water partition coefficient (Wildman–Crippen LogP) is 3.51. The van der Waals surface area contributed by atoms with Crippen molar-refractivity contribution in [1.82, 2.24) is 15.2 Å². The maximum absolute atomic E-state index is 4.55. The van der Waals surface area contributed by atoms with Crippen LogP contribution < -0.4 is 5.32 Å². The van der Waals surface area contributed by atoms with Crippen LogP contribution in [0, 0.1) is 0 Å². The zero-order valence-corrected chi connectivity index (χ0v) is 12.1. The van der Waals surface area contributed by atoms with Gasteiger partial charge in [-0.2, -0.15) is 5.10 Å². The van der Waals surface area contributed by atoms with Gasteiger partial charge in [-0.05, 0) is 23.8 Å². The number of hydrogen-bond acceptors (Lipinski definition) is 4. The molecule has 0 saturated heterocycles. The Hall–Kier alpha value is -2.27. The average Bonchev–Trinajstić information content (AvgIpc) is 3.16. The van der Waals surface area contributed by atoms with Gasteiger partial charge < -0.3 is 5.32 Å². The minimum Gasteiger partial charge on any atom is -0.369 e. The summed E-state index contributed by atoms with van der Waals surface area (Å²) in [5, 5.41) is 10.3. The first-order chi connectivity index (χ1) is 10.4. The first kappa shape index (κ1) is 12.5. The molecular weight excluding hydrogens is 280 g/mol. The molecule has 2 N–H and O–H groups in total. The van der Waals surface area contributed by atoms with Gasteiger partial charge in [-0.3, -0.25) is 5.10 Å². The summed E-state index contributed by atoms with van der Waals surface area (Å²) in [5.41, 5.74) is 2.45. The number of nitrogens with one attached hydrogen (secondary N) is 2. The molecule has 1 unspecified atom stereocenters. The molecule has 0 fully saturated rings. The van der Waals surface area contributed by atoms with Gasteiger partial charge in [-0.15, -0.1) is 0 Å². The van der Waals surface area contributed by atoms with Gasteiger partial charge >= 0.3 is 0 Å². The van der Waals surface area contributed by atoms with E-state index >= 15 is 0 Å². The molecule has 2 aromatic heterocycles. The number of fused-ring (bicyclic) bond motifs is 1. The lowest BCUT2D eigenvalue weighted by molar-refractivity contribution is 0.905. The number of hydrogen-bond donors (Lipinski definition) is 2. The summed E-state index contributed by atoms with van der Waals surface area (Å²) >= 11 is 1.74. The first-order valence-corrected chi connectivity index (χ1v) is 7.67. The summed E-state index contributed by atoms with van der Waals surface area (Å²) in [6.45, 7) is 0.876. The van der Waals surface area contributed by atoms with Crippen molar-refractivity contribution in [2.24, 2.45) is 0 Å². The molecule has 0 amide bonds. The van der Waals surface area contributed by atoms with Crippen LogP contribution in [-0.4, -0.2) is 21.7 Å². The Balaban J connectivity index is 1.66. The van der Waals surface area contributed by atoms with E-state index in [2.05, 4.69) is 50.8 Å². The van der Waals surface area contributed by atoms with Crippen LogP contribution in [0.4, 0.5) is 5.82 Å². The van der Waals surface area contributed by atoms with Crippen molar-refractivity contribution in [2.45, 2.75) is 15.7 Å². The molecule has 3 aromatic rings. The summed E-state index contributed by atoms with van der Waals surface area (Å²) in [4.78, 5) is 6.94. The van der Waals surface area contributed by atoms with E-state index in [1.165, 1.54) is 16.0 Å². The predicted molar refractivity (Wildman–Crippen MR) is 83.7 cm³/mol. The zero-order chi connectivity index (χ0) is 14.1. The monoisotopic (exact) mass is 294 g/mol. The Labute approximate surface area is 127 Å². The Bertz CT molecular complexity index is 740. The highest BCUT2D eigenvalue weighted by Gasteiger charge is 2.25. The Morgan fingerprint density at radius 1 is 1.10 bits per heavy atom. The molecule has 3 heterocycles. The highest BCUT2D eigenvalue weighted by molar-refractivity contribution is 7.99. The van der Waals surface area contributed by atoms with Crippen molar-refractivity contribution in [1.29, 1.82) is 0 Å². The van der Waals surface area contributed by atoms with Gasteiger partial charge in [-0.25, -0.2) is 4.98 Å². The van der Waals surface area contributed by atoms with E-state index < -0.39 is 0 Å². The van der Waals surface area contributed by atoms with Crippen molar-refractivity contribution in [2.75, 3.05) is 11.9 Å². The molecule has 1 aliphatic rings. The largest absolute Gasteiger partial charge is 0.369 e. The smallest absolute Gasteiger partial charge is 0.129 e. The minimum absolute atomic E-state index is 0.322. The van der Waals surface area contributed by atoms with Gasteiger partial charge in [0, 0.05) is 40.2 Å². The van der Waals surface area contributed by atoms with Crippen LogP contribution in [0.25, 0.3) is 0 Å². The van der Waals surface area contributed by atoms with E-state index in [1.807, 2.05) is 24.7 Å². The summed E-state index contributed by atoms with van der Waals surface area (Å²) in [5.74, 6) is 1.31. The summed E-state index contributed by atoms with van der Waals surface area (Å²) in [6, 6.07) is 12.6. The molecular formula is C16H14N4S. The Kier molecular flexibility index (Phi) is 3.12. The Morgan fingerprint density at radius 3 is 2.81 bits per heavy atom. The van der Waals surface area contributed by atoms with Crippen LogP contribution >= 0.6 is 11.8 Å². The molecule has 0 spiro atoms. The second-order valence-corrected chi connectivity index (χ2v) is 6.14. The van der Waals surface area contributed by atoms with Crippen molar-refractivity contribution in [3.63, 3.8) is 0 Å². The minimum atomic E-state index is 0.322.